The second kappa shape index (κ2) is 6.95. The highest BCUT2D eigenvalue weighted by atomic mass is 19.1. The highest BCUT2D eigenvalue weighted by Crippen LogP contribution is 2.06. The Kier molecular flexibility index (Phi) is 4.56. The lowest BCUT2D eigenvalue weighted by Crippen LogP contribution is -2.29. The Morgan fingerprint density at radius 3 is 2.58 bits per heavy atom. The van der Waals surface area contributed by atoms with Gasteiger partial charge in [-0.25, -0.2) is 9.18 Å². The van der Waals surface area contributed by atoms with E-state index in [0.717, 1.165) is 5.56 Å². The number of amides is 1. The summed E-state index contributed by atoms with van der Waals surface area (Å²) >= 11 is 0. The first-order valence-corrected chi connectivity index (χ1v) is 7.48. The number of rotatable bonds is 5. The Balaban J connectivity index is 1.74. The van der Waals surface area contributed by atoms with Crippen LogP contribution in [-0.2, 0) is 13.1 Å². The van der Waals surface area contributed by atoms with Crippen LogP contribution < -0.4 is 11.0 Å². The van der Waals surface area contributed by atoms with Gasteiger partial charge in [0.15, 0.2) is 0 Å². The van der Waals surface area contributed by atoms with Crippen LogP contribution in [-0.4, -0.2) is 15.5 Å². The molecule has 0 bridgehead atoms. The number of hydrogen-bond donors (Lipinski definition) is 2. The van der Waals surface area contributed by atoms with Crippen LogP contribution in [0.3, 0.4) is 0 Å². The minimum absolute atomic E-state index is 0.182. The summed E-state index contributed by atoms with van der Waals surface area (Å²) in [5.74, 6) is -0.752. The molecule has 0 radical (unpaired) electrons. The number of nitrogens with one attached hydrogen (secondary N) is 2. The number of benzene rings is 2. The van der Waals surface area contributed by atoms with Crippen molar-refractivity contribution in [2.75, 3.05) is 0 Å². The van der Waals surface area contributed by atoms with Gasteiger partial charge in [-0.3, -0.25) is 9.36 Å². The van der Waals surface area contributed by atoms with Crippen molar-refractivity contribution in [2.45, 2.75) is 13.1 Å². The summed E-state index contributed by atoms with van der Waals surface area (Å²) in [6, 6.07) is 15.4. The van der Waals surface area contributed by atoms with Crippen molar-refractivity contribution >= 4 is 5.91 Å². The van der Waals surface area contributed by atoms with Gasteiger partial charge >= 0.3 is 5.69 Å². The number of carbonyl (C=O) groups excluding carboxylic acids is 1. The second-order valence-corrected chi connectivity index (χ2v) is 5.36. The van der Waals surface area contributed by atoms with Crippen LogP contribution in [0.1, 0.15) is 21.6 Å². The van der Waals surface area contributed by atoms with Gasteiger partial charge in [0, 0.05) is 12.7 Å². The molecule has 1 amide bonds. The third kappa shape index (κ3) is 3.60. The predicted octanol–water partition coefficient (Wildman–Crippen LogP) is 2.29. The smallest absolute Gasteiger partial charge is 0.326 e. The van der Waals surface area contributed by atoms with Gasteiger partial charge in [-0.2, -0.15) is 0 Å². The number of hydrogen-bond acceptors (Lipinski definition) is 2. The minimum Gasteiger partial charge on any atom is -0.347 e. The molecular formula is C18H16FN3O2. The summed E-state index contributed by atoms with van der Waals surface area (Å²) in [4.78, 5) is 26.8. The largest absolute Gasteiger partial charge is 0.347 e. The lowest BCUT2D eigenvalue weighted by molar-refractivity contribution is 0.0941. The van der Waals surface area contributed by atoms with E-state index in [1.54, 1.807) is 12.1 Å². The molecule has 0 spiro atoms. The Labute approximate surface area is 137 Å². The van der Waals surface area contributed by atoms with Crippen molar-refractivity contribution in [3.05, 3.63) is 93.9 Å². The van der Waals surface area contributed by atoms with E-state index in [9.17, 15) is 14.0 Å². The van der Waals surface area contributed by atoms with E-state index in [2.05, 4.69) is 10.3 Å². The molecule has 2 aromatic carbocycles. The van der Waals surface area contributed by atoms with Crippen LogP contribution in [0.4, 0.5) is 4.39 Å². The van der Waals surface area contributed by atoms with E-state index in [0.29, 0.717) is 12.1 Å². The third-order valence-corrected chi connectivity index (χ3v) is 3.63. The molecule has 5 nitrogen and oxygen atoms in total. The summed E-state index contributed by atoms with van der Waals surface area (Å²) in [6.45, 7) is 0.479. The van der Waals surface area contributed by atoms with Crippen molar-refractivity contribution < 1.29 is 9.18 Å². The van der Waals surface area contributed by atoms with Gasteiger partial charge in [0.1, 0.15) is 11.5 Å². The molecule has 0 atom stereocenters. The van der Waals surface area contributed by atoms with Crippen LogP contribution in [0.5, 0.6) is 0 Å². The molecule has 1 heterocycles. The number of imidazole rings is 1. The molecule has 0 saturated heterocycles. The standard InChI is InChI=1S/C18H16FN3O2/c19-15-8-4-7-14(9-15)10-20-17(23)16-11-21-18(24)22(16)12-13-5-2-1-3-6-13/h1-9,11H,10,12H2,(H,20,23)(H,21,24). The Morgan fingerprint density at radius 1 is 1.08 bits per heavy atom. The summed E-state index contributed by atoms with van der Waals surface area (Å²) < 4.78 is 14.5. The molecule has 3 aromatic rings. The highest BCUT2D eigenvalue weighted by molar-refractivity contribution is 5.92. The average molecular weight is 325 g/mol. The maximum atomic E-state index is 13.2. The quantitative estimate of drug-likeness (QED) is 0.756. The fraction of sp³-hybridized carbons (Fsp3) is 0.111. The minimum atomic E-state index is -0.395. The average Bonchev–Trinajstić information content (AvgIpc) is 2.95. The van der Waals surface area contributed by atoms with Crippen molar-refractivity contribution in [3.63, 3.8) is 0 Å². The molecule has 3 rings (SSSR count). The Morgan fingerprint density at radius 2 is 1.83 bits per heavy atom. The number of halogens is 1. The van der Waals surface area contributed by atoms with E-state index in [1.807, 2.05) is 30.3 Å². The predicted molar refractivity (Wildman–Crippen MR) is 88.2 cm³/mol. The number of H-pyrrole nitrogens is 1. The molecule has 2 N–H and O–H groups in total. The van der Waals surface area contributed by atoms with Crippen LogP contribution in [0, 0.1) is 5.82 Å². The van der Waals surface area contributed by atoms with Crippen LogP contribution in [0.2, 0.25) is 0 Å². The normalized spacial score (nSPS) is 10.5. The number of carbonyl (C=O) groups is 1. The van der Waals surface area contributed by atoms with Crippen molar-refractivity contribution in [1.82, 2.24) is 14.9 Å². The summed E-state index contributed by atoms with van der Waals surface area (Å²) in [7, 11) is 0. The zero-order valence-corrected chi connectivity index (χ0v) is 12.8. The molecule has 1 aromatic heterocycles. The Bertz CT molecular complexity index is 900. The van der Waals surface area contributed by atoms with Gasteiger partial charge in [-0.05, 0) is 23.3 Å². The molecule has 0 aliphatic heterocycles. The zero-order valence-electron chi connectivity index (χ0n) is 12.8. The SMILES string of the molecule is O=C(NCc1cccc(F)c1)c1c[nH]c(=O)n1Cc1ccccc1. The molecule has 0 unspecified atom stereocenters. The monoisotopic (exact) mass is 325 g/mol. The molecular weight excluding hydrogens is 309 g/mol. The van der Waals surface area contributed by atoms with Crippen molar-refractivity contribution in [1.29, 1.82) is 0 Å². The van der Waals surface area contributed by atoms with Crippen LogP contribution in [0.15, 0.2) is 65.6 Å². The van der Waals surface area contributed by atoms with Gasteiger partial charge in [0.25, 0.3) is 5.91 Å². The first kappa shape index (κ1) is 15.7. The maximum absolute atomic E-state index is 13.2. The van der Waals surface area contributed by atoms with Crippen molar-refractivity contribution in [2.24, 2.45) is 0 Å². The molecule has 0 aliphatic carbocycles. The molecule has 0 aliphatic rings. The van der Waals surface area contributed by atoms with Crippen LogP contribution >= 0.6 is 0 Å². The van der Waals surface area contributed by atoms with Gasteiger partial charge in [0.2, 0.25) is 0 Å². The van der Waals surface area contributed by atoms with Gasteiger partial charge in [-0.1, -0.05) is 42.5 Å². The third-order valence-electron chi connectivity index (χ3n) is 3.63. The lowest BCUT2D eigenvalue weighted by atomic mass is 10.2. The van der Waals surface area contributed by atoms with E-state index >= 15 is 0 Å². The molecule has 0 fully saturated rings. The van der Waals surface area contributed by atoms with E-state index in [4.69, 9.17) is 0 Å². The number of aromatic amines is 1. The summed E-state index contributed by atoms with van der Waals surface area (Å²) in [5.41, 5.74) is 1.45. The Hall–Kier alpha value is -3.15. The lowest BCUT2D eigenvalue weighted by Gasteiger charge is -2.08. The summed E-state index contributed by atoms with van der Waals surface area (Å²) in [6.07, 6.45) is 1.38. The van der Waals surface area contributed by atoms with Gasteiger partial charge in [-0.15, -0.1) is 0 Å². The molecule has 6 heteroatoms. The fourth-order valence-electron chi connectivity index (χ4n) is 2.43. The highest BCUT2D eigenvalue weighted by Gasteiger charge is 2.14. The van der Waals surface area contributed by atoms with E-state index < -0.39 is 5.91 Å². The maximum Gasteiger partial charge on any atom is 0.326 e. The summed E-state index contributed by atoms with van der Waals surface area (Å²) in [5, 5.41) is 2.70. The van der Waals surface area contributed by atoms with Gasteiger partial charge in [0.05, 0.1) is 6.54 Å². The zero-order chi connectivity index (χ0) is 16.9. The van der Waals surface area contributed by atoms with E-state index in [-0.39, 0.29) is 23.7 Å². The first-order valence-electron chi connectivity index (χ1n) is 7.48. The fourth-order valence-corrected chi connectivity index (χ4v) is 2.43. The number of nitrogens with zero attached hydrogens (tertiary/aromatic N) is 1. The van der Waals surface area contributed by atoms with Crippen LogP contribution in [0.25, 0.3) is 0 Å². The topological polar surface area (TPSA) is 66.9 Å². The first-order chi connectivity index (χ1) is 11.6. The molecule has 24 heavy (non-hydrogen) atoms. The molecule has 0 saturated carbocycles. The van der Waals surface area contributed by atoms with Crippen molar-refractivity contribution in [3.8, 4) is 0 Å². The number of aromatic nitrogens is 2. The molecule has 122 valence electrons. The van der Waals surface area contributed by atoms with E-state index in [1.165, 1.54) is 22.9 Å². The second-order valence-electron chi connectivity index (χ2n) is 5.36. The van der Waals surface area contributed by atoms with Gasteiger partial charge < -0.3 is 10.3 Å².